The summed E-state index contributed by atoms with van der Waals surface area (Å²) in [5.74, 6) is 0.732. The zero-order valence-electron chi connectivity index (χ0n) is 8.66. The third-order valence-corrected chi connectivity index (χ3v) is 2.70. The number of nitrogens with one attached hydrogen (secondary N) is 1. The minimum Gasteiger partial charge on any atom is -0.316 e. The molecule has 0 aliphatic carbocycles. The van der Waals surface area contributed by atoms with Crippen molar-refractivity contribution < 1.29 is 0 Å². The van der Waals surface area contributed by atoms with Crippen molar-refractivity contribution in [3.63, 3.8) is 0 Å². The van der Waals surface area contributed by atoms with Crippen LogP contribution >= 0.6 is 0 Å². The van der Waals surface area contributed by atoms with Crippen LogP contribution in [0, 0.1) is 12.8 Å². The Hall–Kier alpha value is -1.08. The molecule has 0 radical (unpaired) electrons. The minimum atomic E-state index is 0.732. The van der Waals surface area contributed by atoms with Gasteiger partial charge in [-0.25, -0.2) is 0 Å². The summed E-state index contributed by atoms with van der Waals surface area (Å²) in [6, 6.07) is 8.63. The molecule has 1 aliphatic heterocycles. The highest BCUT2D eigenvalue weighted by molar-refractivity contribution is 5.50. The van der Waals surface area contributed by atoms with Gasteiger partial charge in [-0.1, -0.05) is 42.0 Å². The van der Waals surface area contributed by atoms with E-state index in [4.69, 9.17) is 0 Å². The largest absolute Gasteiger partial charge is 0.316 e. The lowest BCUT2D eigenvalue weighted by atomic mass is 10.1. The number of hydrogen-bond donors (Lipinski definition) is 1. The van der Waals surface area contributed by atoms with E-state index in [1.165, 1.54) is 24.1 Å². The molecular weight excluding hydrogens is 170 g/mol. The second kappa shape index (κ2) is 4.43. The summed E-state index contributed by atoms with van der Waals surface area (Å²) < 4.78 is 0. The molecule has 1 aromatic carbocycles. The van der Waals surface area contributed by atoms with Crippen LogP contribution in [0.25, 0.3) is 6.08 Å². The average molecular weight is 187 g/mol. The van der Waals surface area contributed by atoms with Gasteiger partial charge in [0.25, 0.3) is 0 Å². The Balaban J connectivity index is 2.02. The smallest absolute Gasteiger partial charge is 0.00148 e. The van der Waals surface area contributed by atoms with Crippen molar-refractivity contribution in [2.45, 2.75) is 13.3 Å². The maximum atomic E-state index is 3.37. The first-order valence-corrected chi connectivity index (χ1v) is 5.30. The molecule has 1 aromatic rings. The first kappa shape index (κ1) is 9.47. The molecule has 1 fully saturated rings. The maximum Gasteiger partial charge on any atom is 0.00148 e. The molecule has 1 N–H and O–H groups in total. The van der Waals surface area contributed by atoms with Gasteiger partial charge in [0.2, 0.25) is 0 Å². The van der Waals surface area contributed by atoms with Gasteiger partial charge in [-0.05, 0) is 31.4 Å². The number of benzene rings is 1. The van der Waals surface area contributed by atoms with Crippen LogP contribution in [0.4, 0.5) is 0 Å². The SMILES string of the molecule is Cc1cccc(/C=C/C2CCNC2)c1. The Morgan fingerprint density at radius 2 is 2.36 bits per heavy atom. The fourth-order valence-corrected chi connectivity index (χ4v) is 1.86. The molecule has 74 valence electrons. The van der Waals surface area contributed by atoms with E-state index < -0.39 is 0 Å². The van der Waals surface area contributed by atoms with Gasteiger partial charge in [0.05, 0.1) is 0 Å². The Morgan fingerprint density at radius 1 is 1.43 bits per heavy atom. The summed E-state index contributed by atoms with van der Waals surface area (Å²) in [5.41, 5.74) is 2.65. The van der Waals surface area contributed by atoms with E-state index in [0.29, 0.717) is 0 Å². The second-order valence-corrected chi connectivity index (χ2v) is 4.03. The van der Waals surface area contributed by atoms with Crippen molar-refractivity contribution in [1.82, 2.24) is 5.32 Å². The second-order valence-electron chi connectivity index (χ2n) is 4.03. The molecule has 0 aromatic heterocycles. The fraction of sp³-hybridized carbons (Fsp3) is 0.385. The predicted molar refractivity (Wildman–Crippen MR) is 61.2 cm³/mol. The van der Waals surface area contributed by atoms with Crippen molar-refractivity contribution in [1.29, 1.82) is 0 Å². The van der Waals surface area contributed by atoms with Crippen molar-refractivity contribution in [3.05, 3.63) is 41.5 Å². The predicted octanol–water partition coefficient (Wildman–Crippen LogP) is 2.62. The highest BCUT2D eigenvalue weighted by atomic mass is 14.9. The van der Waals surface area contributed by atoms with Crippen molar-refractivity contribution >= 4 is 6.08 Å². The van der Waals surface area contributed by atoms with Gasteiger partial charge in [0.1, 0.15) is 0 Å². The van der Waals surface area contributed by atoms with E-state index in [9.17, 15) is 0 Å². The molecule has 0 amide bonds. The van der Waals surface area contributed by atoms with Crippen LogP contribution < -0.4 is 5.32 Å². The Morgan fingerprint density at radius 3 is 3.07 bits per heavy atom. The van der Waals surface area contributed by atoms with E-state index in [-0.39, 0.29) is 0 Å². The van der Waals surface area contributed by atoms with Gasteiger partial charge in [-0.3, -0.25) is 0 Å². The summed E-state index contributed by atoms with van der Waals surface area (Å²) in [7, 11) is 0. The van der Waals surface area contributed by atoms with E-state index >= 15 is 0 Å². The molecule has 14 heavy (non-hydrogen) atoms. The molecule has 1 heterocycles. The number of rotatable bonds is 2. The van der Waals surface area contributed by atoms with Gasteiger partial charge in [0.15, 0.2) is 0 Å². The first-order chi connectivity index (χ1) is 6.84. The molecule has 0 spiro atoms. The third kappa shape index (κ3) is 2.46. The molecule has 1 heteroatoms. The third-order valence-electron chi connectivity index (χ3n) is 2.70. The van der Waals surface area contributed by atoms with Crippen LogP contribution in [0.1, 0.15) is 17.5 Å². The van der Waals surface area contributed by atoms with E-state index in [1.807, 2.05) is 0 Å². The summed E-state index contributed by atoms with van der Waals surface area (Å²) in [6.45, 7) is 4.44. The Kier molecular flexibility index (Phi) is 3.00. The van der Waals surface area contributed by atoms with Crippen LogP contribution in [-0.4, -0.2) is 13.1 Å². The summed E-state index contributed by atoms with van der Waals surface area (Å²) in [5, 5.41) is 3.37. The summed E-state index contributed by atoms with van der Waals surface area (Å²) in [4.78, 5) is 0. The maximum absolute atomic E-state index is 3.37. The van der Waals surface area contributed by atoms with Crippen molar-refractivity contribution in [2.24, 2.45) is 5.92 Å². The molecule has 1 aliphatic rings. The zero-order chi connectivity index (χ0) is 9.80. The van der Waals surface area contributed by atoms with Crippen LogP contribution in [0.3, 0.4) is 0 Å². The zero-order valence-corrected chi connectivity index (χ0v) is 8.66. The van der Waals surface area contributed by atoms with E-state index in [2.05, 4.69) is 48.7 Å². The summed E-state index contributed by atoms with van der Waals surface area (Å²) in [6.07, 6.45) is 5.85. The highest BCUT2D eigenvalue weighted by Crippen LogP contribution is 2.12. The Labute approximate surface area is 85.8 Å². The van der Waals surface area contributed by atoms with Crippen LogP contribution in [0.15, 0.2) is 30.3 Å². The monoisotopic (exact) mass is 187 g/mol. The fourth-order valence-electron chi connectivity index (χ4n) is 1.86. The van der Waals surface area contributed by atoms with Gasteiger partial charge in [0, 0.05) is 6.54 Å². The molecule has 1 nitrogen and oxygen atoms in total. The van der Waals surface area contributed by atoms with Crippen LogP contribution in [0.5, 0.6) is 0 Å². The lowest BCUT2D eigenvalue weighted by molar-refractivity contribution is 0.731. The topological polar surface area (TPSA) is 12.0 Å². The first-order valence-electron chi connectivity index (χ1n) is 5.30. The van der Waals surface area contributed by atoms with Crippen molar-refractivity contribution in [2.75, 3.05) is 13.1 Å². The standard InChI is InChI=1S/C13H17N/c1-11-3-2-4-12(9-11)5-6-13-7-8-14-10-13/h2-6,9,13-14H,7-8,10H2,1H3/b6-5+. The molecule has 1 atom stereocenters. The van der Waals surface area contributed by atoms with Crippen LogP contribution in [-0.2, 0) is 0 Å². The van der Waals surface area contributed by atoms with E-state index in [1.54, 1.807) is 0 Å². The van der Waals surface area contributed by atoms with Crippen LogP contribution in [0.2, 0.25) is 0 Å². The molecule has 1 unspecified atom stereocenters. The number of aryl methyl sites for hydroxylation is 1. The molecule has 0 saturated carbocycles. The van der Waals surface area contributed by atoms with Gasteiger partial charge in [-0.2, -0.15) is 0 Å². The van der Waals surface area contributed by atoms with Gasteiger partial charge < -0.3 is 5.32 Å². The summed E-state index contributed by atoms with van der Waals surface area (Å²) >= 11 is 0. The Bertz CT molecular complexity index is 322. The quantitative estimate of drug-likeness (QED) is 0.750. The molecule has 2 rings (SSSR count). The highest BCUT2D eigenvalue weighted by Gasteiger charge is 2.09. The lowest BCUT2D eigenvalue weighted by Gasteiger charge is -2.00. The molecule has 1 saturated heterocycles. The minimum absolute atomic E-state index is 0.732. The van der Waals surface area contributed by atoms with Gasteiger partial charge >= 0.3 is 0 Å². The van der Waals surface area contributed by atoms with Crippen molar-refractivity contribution in [3.8, 4) is 0 Å². The molecular formula is C13H17N. The average Bonchev–Trinajstić information content (AvgIpc) is 2.67. The van der Waals surface area contributed by atoms with E-state index in [0.717, 1.165) is 12.5 Å². The molecule has 0 bridgehead atoms. The number of hydrogen-bond acceptors (Lipinski definition) is 1. The normalized spacial score (nSPS) is 21.9. The lowest BCUT2D eigenvalue weighted by Crippen LogP contribution is -2.07. The van der Waals surface area contributed by atoms with Gasteiger partial charge in [-0.15, -0.1) is 0 Å².